The van der Waals surface area contributed by atoms with Gasteiger partial charge in [-0.05, 0) is 67.3 Å². The summed E-state index contributed by atoms with van der Waals surface area (Å²) in [5.74, 6) is -1.32. The molecule has 0 bridgehead atoms. The van der Waals surface area contributed by atoms with Crippen LogP contribution in [0.3, 0.4) is 0 Å². The lowest BCUT2D eigenvalue weighted by Gasteiger charge is -2.50. The number of pyridine rings is 1. The predicted octanol–water partition coefficient (Wildman–Crippen LogP) is 5.73. The summed E-state index contributed by atoms with van der Waals surface area (Å²) in [6.45, 7) is 1.83. The number of rotatable bonds is 5. The molecular weight excluding hydrogens is 493 g/mol. The van der Waals surface area contributed by atoms with Crippen LogP contribution in [0.15, 0.2) is 66.9 Å². The van der Waals surface area contributed by atoms with Crippen LogP contribution in [0.1, 0.15) is 58.4 Å². The van der Waals surface area contributed by atoms with Crippen molar-refractivity contribution < 1.29 is 27.9 Å². The number of amides is 1. The largest absolute Gasteiger partial charge is 0.417 e. The van der Waals surface area contributed by atoms with E-state index in [-0.39, 0.29) is 25.0 Å². The lowest BCUT2D eigenvalue weighted by atomic mass is 9.56. The molecule has 0 saturated heterocycles. The Morgan fingerprint density at radius 3 is 2.58 bits per heavy atom. The van der Waals surface area contributed by atoms with Crippen molar-refractivity contribution in [3.8, 4) is 0 Å². The summed E-state index contributed by atoms with van der Waals surface area (Å²) >= 11 is 0. The molecule has 1 aromatic heterocycles. The lowest BCUT2D eigenvalue weighted by Crippen LogP contribution is -2.55. The topological polar surface area (TPSA) is 79.3 Å². The monoisotopic (exact) mass is 522 g/mol. The first-order valence-corrected chi connectivity index (χ1v) is 12.7. The lowest BCUT2D eigenvalue weighted by molar-refractivity contribution is -0.279. The number of carbonyl (C=O) groups is 2. The third-order valence-corrected chi connectivity index (χ3v) is 8.29. The van der Waals surface area contributed by atoms with E-state index in [1.807, 2.05) is 43.3 Å². The van der Waals surface area contributed by atoms with E-state index in [2.05, 4.69) is 10.3 Å². The van der Waals surface area contributed by atoms with Crippen LogP contribution in [0.4, 0.5) is 18.9 Å². The van der Waals surface area contributed by atoms with Gasteiger partial charge in [-0.2, -0.15) is 13.2 Å². The highest BCUT2D eigenvalue weighted by atomic mass is 19.4. The molecule has 0 spiro atoms. The number of anilines is 1. The van der Waals surface area contributed by atoms with Crippen LogP contribution in [0, 0.1) is 12.8 Å². The van der Waals surface area contributed by atoms with Crippen molar-refractivity contribution in [2.24, 2.45) is 5.92 Å². The molecule has 2 N–H and O–H groups in total. The Morgan fingerprint density at radius 1 is 1.11 bits per heavy atom. The molecule has 5 rings (SSSR count). The minimum absolute atomic E-state index is 0.0483. The fraction of sp³-hybridized carbons (Fsp3) is 0.367. The van der Waals surface area contributed by atoms with E-state index < -0.39 is 41.9 Å². The summed E-state index contributed by atoms with van der Waals surface area (Å²) in [7, 11) is 0. The van der Waals surface area contributed by atoms with Crippen molar-refractivity contribution >= 4 is 17.4 Å². The molecule has 8 heteroatoms. The smallest absolute Gasteiger partial charge is 0.380 e. The van der Waals surface area contributed by atoms with E-state index in [1.165, 1.54) is 0 Å². The molecule has 5 nitrogen and oxygen atoms in total. The molecule has 1 fully saturated rings. The van der Waals surface area contributed by atoms with Crippen molar-refractivity contribution in [2.45, 2.75) is 62.6 Å². The number of aliphatic hydroxyl groups is 1. The molecule has 2 aromatic carbocycles. The Bertz CT molecular complexity index is 1370. The zero-order valence-corrected chi connectivity index (χ0v) is 21.0. The highest BCUT2D eigenvalue weighted by molar-refractivity contribution is 6.00. The van der Waals surface area contributed by atoms with Crippen LogP contribution < -0.4 is 5.32 Å². The summed E-state index contributed by atoms with van der Waals surface area (Å²) in [5, 5.41) is 13.5. The minimum atomic E-state index is -4.79. The molecule has 3 aromatic rings. The van der Waals surface area contributed by atoms with Gasteiger partial charge in [-0.3, -0.25) is 14.6 Å². The summed E-state index contributed by atoms with van der Waals surface area (Å²) in [6, 6.07) is 18.2. The number of Topliss-reactive ketones (excluding diaryl/α,β-unsaturated/α-hetero) is 1. The van der Waals surface area contributed by atoms with Crippen molar-refractivity contribution in [1.82, 2.24) is 4.98 Å². The molecule has 1 saturated carbocycles. The third kappa shape index (κ3) is 4.73. The number of ketones is 1. The molecule has 0 radical (unpaired) electrons. The van der Waals surface area contributed by atoms with E-state index >= 15 is 0 Å². The van der Waals surface area contributed by atoms with Crippen molar-refractivity contribution in [3.63, 3.8) is 0 Å². The Balaban J connectivity index is 1.57. The van der Waals surface area contributed by atoms with Gasteiger partial charge in [-0.1, -0.05) is 48.5 Å². The first-order chi connectivity index (χ1) is 18.0. The van der Waals surface area contributed by atoms with Gasteiger partial charge < -0.3 is 10.4 Å². The average Bonchev–Trinajstić information content (AvgIpc) is 2.98. The number of benzene rings is 2. The molecule has 1 amide bonds. The summed E-state index contributed by atoms with van der Waals surface area (Å²) in [4.78, 5) is 30.4. The van der Waals surface area contributed by atoms with Crippen LogP contribution in [-0.4, -0.2) is 33.6 Å². The fourth-order valence-corrected chi connectivity index (χ4v) is 6.17. The van der Waals surface area contributed by atoms with Crippen LogP contribution in [0.25, 0.3) is 0 Å². The fourth-order valence-electron chi connectivity index (χ4n) is 6.17. The van der Waals surface area contributed by atoms with Crippen molar-refractivity contribution in [2.75, 3.05) is 5.32 Å². The zero-order chi connectivity index (χ0) is 27.1. The number of hydrogen-bond acceptors (Lipinski definition) is 4. The second-order valence-electron chi connectivity index (χ2n) is 10.6. The van der Waals surface area contributed by atoms with Crippen molar-refractivity contribution in [3.05, 3.63) is 94.8 Å². The van der Waals surface area contributed by atoms with E-state index in [0.29, 0.717) is 23.2 Å². The number of nitrogens with one attached hydrogen (secondary N) is 1. The van der Waals surface area contributed by atoms with Crippen LogP contribution in [0.5, 0.6) is 0 Å². The number of aromatic nitrogens is 1. The van der Waals surface area contributed by atoms with Crippen LogP contribution >= 0.6 is 0 Å². The SMILES string of the molecule is Cc1ncccc1CC(=O)c1ccc2c(c1)NC(=O)C[C@H]1CC(O)(C(F)(F)F)CC[C@@]21Cc1ccccc1. The minimum Gasteiger partial charge on any atom is -0.380 e. The third-order valence-electron chi connectivity index (χ3n) is 8.29. The van der Waals surface area contributed by atoms with E-state index in [9.17, 15) is 27.9 Å². The number of halogens is 3. The summed E-state index contributed by atoms with van der Waals surface area (Å²) < 4.78 is 41.7. The van der Waals surface area contributed by atoms with Crippen LogP contribution in [0.2, 0.25) is 0 Å². The molecular formula is C30H29F3N2O3. The quantitative estimate of drug-likeness (QED) is 0.420. The van der Waals surface area contributed by atoms with Gasteiger partial charge in [0, 0.05) is 41.4 Å². The van der Waals surface area contributed by atoms with Gasteiger partial charge in [0.05, 0.1) is 0 Å². The Kier molecular flexibility index (Phi) is 6.63. The Hall–Kier alpha value is -3.52. The van der Waals surface area contributed by atoms with Crippen molar-refractivity contribution in [1.29, 1.82) is 0 Å². The predicted molar refractivity (Wildman–Crippen MR) is 137 cm³/mol. The molecule has 38 heavy (non-hydrogen) atoms. The van der Waals surface area contributed by atoms with Gasteiger partial charge in [0.2, 0.25) is 5.91 Å². The molecule has 3 atom stereocenters. The molecule has 1 aliphatic heterocycles. The number of aryl methyl sites for hydroxylation is 1. The number of nitrogens with zero attached hydrogens (tertiary/aromatic N) is 1. The molecule has 2 aliphatic rings. The maximum absolute atomic E-state index is 13.9. The number of alkyl halides is 3. The zero-order valence-electron chi connectivity index (χ0n) is 21.0. The summed E-state index contributed by atoms with van der Waals surface area (Å²) in [5.41, 5.74) is 0.374. The van der Waals surface area contributed by atoms with Gasteiger partial charge in [0.1, 0.15) is 0 Å². The Morgan fingerprint density at radius 2 is 1.87 bits per heavy atom. The van der Waals surface area contributed by atoms with Gasteiger partial charge in [0.15, 0.2) is 11.4 Å². The standard InChI is InChI=1S/C30H29F3N2O3/c1-19-21(8-5-13-34-19)15-26(36)22-9-10-24-25(14-22)35-27(37)16-23-18-29(38,30(31,32)33)12-11-28(23,24)17-20-6-3-2-4-7-20/h2-10,13-14,23,38H,11-12,15-18H2,1H3,(H,35,37)/t23-,28-,29?/m0/s1. The highest BCUT2D eigenvalue weighted by Gasteiger charge is 2.61. The maximum Gasteiger partial charge on any atom is 0.417 e. The van der Waals surface area contributed by atoms with Gasteiger partial charge in [-0.15, -0.1) is 0 Å². The normalized spacial score (nSPS) is 25.1. The first-order valence-electron chi connectivity index (χ1n) is 12.7. The number of fused-ring (bicyclic) bond motifs is 3. The van der Waals surface area contributed by atoms with E-state index in [0.717, 1.165) is 16.8 Å². The van der Waals surface area contributed by atoms with E-state index in [1.54, 1.807) is 30.5 Å². The molecule has 1 unspecified atom stereocenters. The molecule has 1 aliphatic carbocycles. The van der Waals surface area contributed by atoms with Gasteiger partial charge >= 0.3 is 6.18 Å². The van der Waals surface area contributed by atoms with E-state index in [4.69, 9.17) is 0 Å². The highest BCUT2D eigenvalue weighted by Crippen LogP contribution is 2.56. The van der Waals surface area contributed by atoms with Crippen LogP contribution in [-0.2, 0) is 23.1 Å². The number of hydrogen-bond donors (Lipinski definition) is 2. The summed E-state index contributed by atoms with van der Waals surface area (Å²) in [6.07, 6.45) is -3.71. The van der Waals surface area contributed by atoms with Gasteiger partial charge in [-0.25, -0.2) is 0 Å². The Labute approximate surface area is 219 Å². The molecule has 2 heterocycles. The number of carbonyl (C=O) groups excluding carboxylic acids is 2. The first kappa shape index (κ1) is 26.1. The second kappa shape index (κ2) is 9.66. The van der Waals surface area contributed by atoms with Gasteiger partial charge in [0.25, 0.3) is 0 Å². The maximum atomic E-state index is 13.9. The molecule has 198 valence electrons. The second-order valence-corrected chi connectivity index (χ2v) is 10.6. The average molecular weight is 523 g/mol.